The lowest BCUT2D eigenvalue weighted by Crippen LogP contribution is -2.10. The number of hydrogen-bond acceptors (Lipinski definition) is 5. The van der Waals surface area contributed by atoms with E-state index < -0.39 is 0 Å². The fraction of sp³-hybridized carbons (Fsp3) is 0.350. The number of carbonyl (C=O) groups excluding carboxylic acids is 1. The molecule has 5 nitrogen and oxygen atoms in total. The fourth-order valence-corrected chi connectivity index (χ4v) is 3.53. The maximum absolute atomic E-state index is 11.5. The van der Waals surface area contributed by atoms with Crippen LogP contribution in [0.3, 0.4) is 0 Å². The molecule has 0 spiro atoms. The summed E-state index contributed by atoms with van der Waals surface area (Å²) >= 11 is 3.50. The molecule has 6 heteroatoms. The summed E-state index contributed by atoms with van der Waals surface area (Å²) in [5.41, 5.74) is 6.55. The molecule has 2 aromatic rings. The Morgan fingerprint density at radius 2 is 2.00 bits per heavy atom. The van der Waals surface area contributed by atoms with Crippen molar-refractivity contribution in [2.24, 2.45) is 5.16 Å². The van der Waals surface area contributed by atoms with Gasteiger partial charge in [0.15, 0.2) is 0 Å². The molecular formula is C20H21BrN2O3. The molecule has 0 amide bonds. The van der Waals surface area contributed by atoms with Crippen LogP contribution in [0.25, 0.3) is 0 Å². The number of nitrogens with zero attached hydrogens (tertiary/aromatic N) is 2. The zero-order chi connectivity index (χ0) is 18.8. The van der Waals surface area contributed by atoms with Gasteiger partial charge in [-0.1, -0.05) is 27.2 Å². The van der Waals surface area contributed by atoms with E-state index in [1.54, 1.807) is 0 Å². The first-order valence-electron chi connectivity index (χ1n) is 8.49. The Kier molecular flexibility index (Phi) is 5.41. The zero-order valence-electron chi connectivity index (χ0n) is 15.4. The number of carbonyl (C=O) groups is 1. The normalized spacial score (nSPS) is 14.4. The highest BCUT2D eigenvalue weighted by atomic mass is 79.9. The molecule has 0 saturated heterocycles. The standard InChI is InChI=1S/C20H21BrN2O3/c1-11-12(2)22-13(3)18(20(11)26-14(4)24)10-25-23-19-8-5-15-9-16(21)6-7-17(15)19/h6-7,9H,5,8,10H2,1-4H3/b23-19-. The quantitative estimate of drug-likeness (QED) is 0.541. The third kappa shape index (κ3) is 3.80. The summed E-state index contributed by atoms with van der Waals surface area (Å²) in [4.78, 5) is 21.6. The van der Waals surface area contributed by atoms with Crippen molar-refractivity contribution in [3.8, 4) is 5.75 Å². The number of fused-ring (bicyclic) bond motifs is 1. The van der Waals surface area contributed by atoms with Crippen LogP contribution >= 0.6 is 15.9 Å². The van der Waals surface area contributed by atoms with Crippen molar-refractivity contribution in [3.63, 3.8) is 0 Å². The molecule has 1 aromatic heterocycles. The molecule has 0 N–H and O–H groups in total. The van der Waals surface area contributed by atoms with Crippen LogP contribution in [0, 0.1) is 20.8 Å². The molecule has 0 fully saturated rings. The second-order valence-electron chi connectivity index (χ2n) is 6.42. The number of aromatic nitrogens is 1. The molecule has 1 aromatic carbocycles. The summed E-state index contributed by atoms with van der Waals surface area (Å²) in [5.74, 6) is 0.166. The maximum Gasteiger partial charge on any atom is 0.308 e. The van der Waals surface area contributed by atoms with E-state index in [0.717, 1.165) is 51.1 Å². The van der Waals surface area contributed by atoms with Crippen LogP contribution in [-0.2, 0) is 22.7 Å². The number of rotatable bonds is 4. The third-order valence-electron chi connectivity index (χ3n) is 4.57. The lowest BCUT2D eigenvalue weighted by Gasteiger charge is -2.15. The molecule has 136 valence electrons. The van der Waals surface area contributed by atoms with Crippen LogP contribution in [0.15, 0.2) is 27.8 Å². The Morgan fingerprint density at radius 3 is 2.73 bits per heavy atom. The highest BCUT2D eigenvalue weighted by Gasteiger charge is 2.20. The molecule has 1 aliphatic carbocycles. The van der Waals surface area contributed by atoms with Crippen molar-refractivity contribution in [1.29, 1.82) is 0 Å². The SMILES string of the molecule is CC(=O)Oc1c(C)c(C)nc(C)c1CO/N=C1/CCc2cc(Br)ccc21. The molecular weight excluding hydrogens is 396 g/mol. The number of hydrogen-bond donors (Lipinski definition) is 0. The Labute approximate surface area is 161 Å². The molecule has 1 heterocycles. The fourth-order valence-electron chi connectivity index (χ4n) is 3.12. The number of esters is 1. The number of aryl methyl sites for hydroxylation is 3. The van der Waals surface area contributed by atoms with Gasteiger partial charge in [0, 0.05) is 33.9 Å². The Bertz CT molecular complexity index is 906. The minimum Gasteiger partial charge on any atom is -0.426 e. The summed E-state index contributed by atoms with van der Waals surface area (Å²) in [7, 11) is 0. The van der Waals surface area contributed by atoms with E-state index in [4.69, 9.17) is 9.57 Å². The van der Waals surface area contributed by atoms with Gasteiger partial charge in [0.1, 0.15) is 12.4 Å². The number of pyridine rings is 1. The van der Waals surface area contributed by atoms with Crippen molar-refractivity contribution in [2.75, 3.05) is 0 Å². The van der Waals surface area contributed by atoms with E-state index in [2.05, 4.69) is 38.2 Å². The number of oxime groups is 1. The molecule has 26 heavy (non-hydrogen) atoms. The van der Waals surface area contributed by atoms with Crippen molar-refractivity contribution >= 4 is 27.6 Å². The highest BCUT2D eigenvalue weighted by molar-refractivity contribution is 9.10. The van der Waals surface area contributed by atoms with E-state index in [1.807, 2.05) is 26.8 Å². The van der Waals surface area contributed by atoms with Crippen molar-refractivity contribution < 1.29 is 14.4 Å². The van der Waals surface area contributed by atoms with E-state index in [9.17, 15) is 4.79 Å². The van der Waals surface area contributed by atoms with Gasteiger partial charge < -0.3 is 9.57 Å². The Balaban J connectivity index is 1.83. The first-order valence-corrected chi connectivity index (χ1v) is 9.29. The van der Waals surface area contributed by atoms with Crippen LogP contribution in [0.1, 0.15) is 47.0 Å². The summed E-state index contributed by atoms with van der Waals surface area (Å²) < 4.78 is 6.49. The average Bonchev–Trinajstić information content (AvgIpc) is 2.96. The Hall–Kier alpha value is -2.21. The van der Waals surface area contributed by atoms with Gasteiger partial charge in [-0.25, -0.2) is 0 Å². The highest BCUT2D eigenvalue weighted by Crippen LogP contribution is 2.30. The van der Waals surface area contributed by atoms with Gasteiger partial charge in [-0.2, -0.15) is 0 Å². The number of ether oxygens (including phenoxy) is 1. The molecule has 0 saturated carbocycles. The van der Waals surface area contributed by atoms with E-state index in [-0.39, 0.29) is 12.6 Å². The maximum atomic E-state index is 11.5. The summed E-state index contributed by atoms with van der Waals surface area (Å²) in [5, 5.41) is 4.34. The molecule has 0 aliphatic heterocycles. The van der Waals surface area contributed by atoms with Crippen LogP contribution in [-0.4, -0.2) is 16.7 Å². The van der Waals surface area contributed by atoms with Crippen LogP contribution in [0.4, 0.5) is 0 Å². The largest absolute Gasteiger partial charge is 0.426 e. The molecule has 0 radical (unpaired) electrons. The van der Waals surface area contributed by atoms with Gasteiger partial charge in [0.25, 0.3) is 0 Å². The minimum atomic E-state index is -0.360. The summed E-state index contributed by atoms with van der Waals surface area (Å²) in [6.45, 7) is 7.27. The van der Waals surface area contributed by atoms with Crippen LogP contribution < -0.4 is 4.74 Å². The first-order chi connectivity index (χ1) is 12.4. The smallest absolute Gasteiger partial charge is 0.308 e. The van der Waals surface area contributed by atoms with Gasteiger partial charge >= 0.3 is 5.97 Å². The second kappa shape index (κ2) is 7.58. The first kappa shape index (κ1) is 18.6. The Morgan fingerprint density at radius 1 is 1.23 bits per heavy atom. The molecule has 0 atom stereocenters. The molecule has 1 aliphatic rings. The van der Waals surface area contributed by atoms with Gasteiger partial charge in [-0.05, 0) is 51.3 Å². The number of benzene rings is 1. The zero-order valence-corrected chi connectivity index (χ0v) is 16.9. The lowest BCUT2D eigenvalue weighted by molar-refractivity contribution is -0.132. The van der Waals surface area contributed by atoms with Crippen LogP contribution in [0.5, 0.6) is 5.75 Å². The summed E-state index contributed by atoms with van der Waals surface area (Å²) in [6, 6.07) is 6.19. The predicted molar refractivity (Wildman–Crippen MR) is 104 cm³/mol. The number of halogens is 1. The third-order valence-corrected chi connectivity index (χ3v) is 5.06. The second-order valence-corrected chi connectivity index (χ2v) is 7.34. The molecule has 3 rings (SSSR count). The van der Waals surface area contributed by atoms with E-state index in [1.165, 1.54) is 12.5 Å². The summed E-state index contributed by atoms with van der Waals surface area (Å²) in [6.07, 6.45) is 1.81. The molecule has 0 unspecified atom stereocenters. The van der Waals surface area contributed by atoms with Gasteiger partial charge in [-0.15, -0.1) is 0 Å². The monoisotopic (exact) mass is 416 g/mol. The topological polar surface area (TPSA) is 60.8 Å². The van der Waals surface area contributed by atoms with Gasteiger partial charge in [-0.3, -0.25) is 9.78 Å². The van der Waals surface area contributed by atoms with E-state index in [0.29, 0.717) is 5.75 Å². The van der Waals surface area contributed by atoms with Crippen molar-refractivity contribution in [1.82, 2.24) is 4.98 Å². The van der Waals surface area contributed by atoms with Crippen molar-refractivity contribution in [3.05, 3.63) is 56.3 Å². The van der Waals surface area contributed by atoms with Crippen molar-refractivity contribution in [2.45, 2.75) is 47.1 Å². The van der Waals surface area contributed by atoms with Gasteiger partial charge in [0.05, 0.1) is 11.3 Å². The average molecular weight is 417 g/mol. The lowest BCUT2D eigenvalue weighted by atomic mass is 10.1. The minimum absolute atomic E-state index is 0.206. The van der Waals surface area contributed by atoms with E-state index >= 15 is 0 Å². The van der Waals surface area contributed by atoms with Gasteiger partial charge in [0.2, 0.25) is 0 Å². The molecule has 0 bridgehead atoms. The predicted octanol–water partition coefficient (Wildman–Crippen LogP) is 4.56. The van der Waals surface area contributed by atoms with Crippen LogP contribution in [0.2, 0.25) is 0 Å².